The molecule has 1 aliphatic rings. The number of esters is 1. The van der Waals surface area contributed by atoms with Crippen molar-refractivity contribution in [1.82, 2.24) is 0 Å². The lowest BCUT2D eigenvalue weighted by molar-refractivity contribution is -0.157. The number of carbonyl (C=O) groups excluding carboxylic acids is 3. The molecule has 2 amide bonds. The van der Waals surface area contributed by atoms with E-state index in [9.17, 15) is 14.4 Å². The van der Waals surface area contributed by atoms with Gasteiger partial charge in [0, 0.05) is 24.3 Å². The molecule has 0 aliphatic carbocycles. The van der Waals surface area contributed by atoms with E-state index in [1.54, 1.807) is 29.2 Å². The number of carbonyl (C=O) groups is 3. The molecule has 2 atom stereocenters. The van der Waals surface area contributed by atoms with E-state index in [0.29, 0.717) is 18.0 Å². The van der Waals surface area contributed by atoms with Crippen LogP contribution in [0.2, 0.25) is 0 Å². The van der Waals surface area contributed by atoms with Crippen LogP contribution in [0.3, 0.4) is 0 Å². The van der Waals surface area contributed by atoms with Crippen LogP contribution in [0.15, 0.2) is 48.5 Å². The van der Waals surface area contributed by atoms with E-state index in [0.717, 1.165) is 17.7 Å². The van der Waals surface area contributed by atoms with Gasteiger partial charge in [0.15, 0.2) is 6.10 Å². The van der Waals surface area contributed by atoms with Gasteiger partial charge in [-0.25, -0.2) is 0 Å². The minimum absolute atomic E-state index is 0.0735. The third-order valence-corrected chi connectivity index (χ3v) is 5.22. The van der Waals surface area contributed by atoms with Crippen molar-refractivity contribution in [3.8, 4) is 5.75 Å². The van der Waals surface area contributed by atoms with Crippen molar-refractivity contribution >= 4 is 29.2 Å². The highest BCUT2D eigenvalue weighted by Crippen LogP contribution is 2.29. The van der Waals surface area contributed by atoms with Gasteiger partial charge in [0.2, 0.25) is 5.91 Å². The maximum absolute atomic E-state index is 12.6. The number of nitrogens with one attached hydrogen (secondary N) is 1. The lowest BCUT2D eigenvalue weighted by Crippen LogP contribution is -2.33. The van der Waals surface area contributed by atoms with Crippen molar-refractivity contribution in [3.63, 3.8) is 0 Å². The fraction of sp³-hybridized carbons (Fsp3) is 0.375. The second-order valence-electron chi connectivity index (χ2n) is 7.41. The molecule has 3 rings (SSSR count). The largest absolute Gasteiger partial charge is 0.494 e. The summed E-state index contributed by atoms with van der Waals surface area (Å²) in [6.45, 7) is 6.25. The Kier molecular flexibility index (Phi) is 7.28. The van der Waals surface area contributed by atoms with Gasteiger partial charge < -0.3 is 19.7 Å². The summed E-state index contributed by atoms with van der Waals surface area (Å²) in [5, 5.41) is 2.72. The summed E-state index contributed by atoms with van der Waals surface area (Å²) in [7, 11) is 0. The van der Waals surface area contributed by atoms with Crippen LogP contribution in [0.4, 0.5) is 11.4 Å². The fourth-order valence-corrected chi connectivity index (χ4v) is 3.54. The zero-order valence-electron chi connectivity index (χ0n) is 18.1. The Hall–Kier alpha value is -3.35. The number of rotatable bonds is 8. The first-order chi connectivity index (χ1) is 14.9. The predicted molar refractivity (Wildman–Crippen MR) is 118 cm³/mol. The molecule has 7 nitrogen and oxygen atoms in total. The van der Waals surface area contributed by atoms with Gasteiger partial charge in [-0.3, -0.25) is 14.4 Å². The van der Waals surface area contributed by atoms with E-state index in [1.165, 1.54) is 6.92 Å². The Morgan fingerprint density at radius 2 is 1.84 bits per heavy atom. The third kappa shape index (κ3) is 5.42. The number of hydrogen-bond acceptors (Lipinski definition) is 5. The molecule has 2 aromatic carbocycles. The average Bonchev–Trinajstić information content (AvgIpc) is 3.16. The standard InChI is InChI=1S/C24H28N2O5/c1-4-17-8-6-7-9-21(17)26-15-18(14-22(26)27)24(29)31-16(3)23(28)25-19-10-12-20(13-11-19)30-5-2/h6-13,16,18H,4-5,14-15H2,1-3H3,(H,25,28)/t16-,18+/m0/s1. The molecule has 164 valence electrons. The SMILES string of the molecule is CCOc1ccc(NC(=O)[C@H](C)OC(=O)[C@@H]2CC(=O)N(c3ccccc3CC)C2)cc1. The maximum atomic E-state index is 12.6. The topological polar surface area (TPSA) is 84.9 Å². The molecule has 1 saturated heterocycles. The first-order valence-corrected chi connectivity index (χ1v) is 10.5. The van der Waals surface area contributed by atoms with Gasteiger partial charge in [0.1, 0.15) is 5.75 Å². The summed E-state index contributed by atoms with van der Waals surface area (Å²) in [4.78, 5) is 39.2. The van der Waals surface area contributed by atoms with Crippen LogP contribution in [0.5, 0.6) is 5.75 Å². The van der Waals surface area contributed by atoms with Gasteiger partial charge in [0.25, 0.3) is 5.91 Å². The Morgan fingerprint density at radius 3 is 2.52 bits per heavy atom. The summed E-state index contributed by atoms with van der Waals surface area (Å²) in [6, 6.07) is 14.6. The second-order valence-corrected chi connectivity index (χ2v) is 7.41. The lowest BCUT2D eigenvalue weighted by Gasteiger charge is -2.20. The number of benzene rings is 2. The predicted octanol–water partition coefficient (Wildman–Crippen LogP) is 3.57. The molecular weight excluding hydrogens is 396 g/mol. The minimum atomic E-state index is -0.980. The van der Waals surface area contributed by atoms with Crippen molar-refractivity contribution in [1.29, 1.82) is 0 Å². The molecule has 0 saturated carbocycles. The monoisotopic (exact) mass is 424 g/mol. The van der Waals surface area contributed by atoms with Crippen LogP contribution < -0.4 is 15.0 Å². The van der Waals surface area contributed by atoms with Crippen molar-refractivity contribution in [2.45, 2.75) is 39.7 Å². The molecule has 7 heteroatoms. The van der Waals surface area contributed by atoms with Crippen molar-refractivity contribution in [2.24, 2.45) is 5.92 Å². The highest BCUT2D eigenvalue weighted by atomic mass is 16.5. The van der Waals surface area contributed by atoms with E-state index in [-0.39, 0.29) is 18.9 Å². The van der Waals surface area contributed by atoms with Gasteiger partial charge in [-0.15, -0.1) is 0 Å². The van der Waals surface area contributed by atoms with Crippen molar-refractivity contribution in [3.05, 3.63) is 54.1 Å². The Balaban J connectivity index is 1.57. The van der Waals surface area contributed by atoms with Crippen LogP contribution in [0, 0.1) is 5.92 Å². The molecule has 31 heavy (non-hydrogen) atoms. The summed E-state index contributed by atoms with van der Waals surface area (Å²) < 4.78 is 10.7. The second kappa shape index (κ2) is 10.1. The highest BCUT2D eigenvalue weighted by molar-refractivity contribution is 6.01. The van der Waals surface area contributed by atoms with Gasteiger partial charge in [0.05, 0.1) is 12.5 Å². The number of nitrogens with zero attached hydrogens (tertiary/aromatic N) is 1. The van der Waals surface area contributed by atoms with E-state index in [4.69, 9.17) is 9.47 Å². The van der Waals surface area contributed by atoms with E-state index < -0.39 is 23.9 Å². The van der Waals surface area contributed by atoms with Gasteiger partial charge in [-0.1, -0.05) is 25.1 Å². The normalized spacial score (nSPS) is 16.7. The van der Waals surface area contributed by atoms with E-state index in [1.807, 2.05) is 38.1 Å². The van der Waals surface area contributed by atoms with Crippen LogP contribution in [-0.2, 0) is 25.5 Å². The smallest absolute Gasteiger partial charge is 0.312 e. The minimum Gasteiger partial charge on any atom is -0.494 e. The van der Waals surface area contributed by atoms with Crippen molar-refractivity contribution in [2.75, 3.05) is 23.4 Å². The number of ether oxygens (including phenoxy) is 2. The zero-order valence-corrected chi connectivity index (χ0v) is 18.1. The van der Waals surface area contributed by atoms with E-state index in [2.05, 4.69) is 5.32 Å². The lowest BCUT2D eigenvalue weighted by atomic mass is 10.1. The van der Waals surface area contributed by atoms with Crippen molar-refractivity contribution < 1.29 is 23.9 Å². The fourth-order valence-electron chi connectivity index (χ4n) is 3.54. The van der Waals surface area contributed by atoms with Crippen LogP contribution >= 0.6 is 0 Å². The number of aryl methyl sites for hydroxylation is 1. The van der Waals surface area contributed by atoms with Gasteiger partial charge >= 0.3 is 5.97 Å². The molecule has 1 aliphatic heterocycles. The summed E-state index contributed by atoms with van der Waals surface area (Å²) in [5.74, 6) is -0.984. The Labute approximate surface area is 182 Å². The Morgan fingerprint density at radius 1 is 1.13 bits per heavy atom. The molecular formula is C24H28N2O5. The molecule has 1 fully saturated rings. The number of para-hydroxylation sites is 1. The summed E-state index contributed by atoms with van der Waals surface area (Å²) >= 11 is 0. The molecule has 0 aromatic heterocycles. The summed E-state index contributed by atoms with van der Waals surface area (Å²) in [6.07, 6.45) is -0.117. The van der Waals surface area contributed by atoms with Gasteiger partial charge in [-0.05, 0) is 56.2 Å². The number of anilines is 2. The molecule has 0 unspecified atom stereocenters. The molecule has 2 aromatic rings. The quantitative estimate of drug-likeness (QED) is 0.655. The summed E-state index contributed by atoms with van der Waals surface area (Å²) in [5.41, 5.74) is 2.45. The van der Waals surface area contributed by atoms with Crippen LogP contribution in [-0.4, -0.2) is 37.0 Å². The van der Waals surface area contributed by atoms with Crippen LogP contribution in [0.25, 0.3) is 0 Å². The Bertz CT molecular complexity index is 941. The number of hydrogen-bond donors (Lipinski definition) is 1. The van der Waals surface area contributed by atoms with E-state index >= 15 is 0 Å². The third-order valence-electron chi connectivity index (χ3n) is 5.22. The van der Waals surface area contributed by atoms with Gasteiger partial charge in [-0.2, -0.15) is 0 Å². The van der Waals surface area contributed by atoms with Crippen LogP contribution in [0.1, 0.15) is 32.8 Å². The first kappa shape index (κ1) is 22.3. The number of amides is 2. The molecule has 0 spiro atoms. The molecule has 1 N–H and O–H groups in total. The molecule has 0 bridgehead atoms. The first-order valence-electron chi connectivity index (χ1n) is 10.5. The molecule has 1 heterocycles. The zero-order chi connectivity index (χ0) is 22.4. The maximum Gasteiger partial charge on any atom is 0.312 e. The average molecular weight is 424 g/mol. The highest BCUT2D eigenvalue weighted by Gasteiger charge is 2.37. The molecule has 0 radical (unpaired) electrons.